The van der Waals surface area contributed by atoms with E-state index in [1.807, 2.05) is 0 Å². The average Bonchev–Trinajstić information content (AvgIpc) is 2.92. The number of hydrogen-bond acceptors (Lipinski definition) is 5. The third-order valence-corrected chi connectivity index (χ3v) is 2.69. The highest BCUT2D eigenvalue weighted by Crippen LogP contribution is 2.20. The summed E-state index contributed by atoms with van der Waals surface area (Å²) in [5, 5.41) is 0.346. The van der Waals surface area contributed by atoms with Crippen LogP contribution in [0.3, 0.4) is 0 Å². The molecule has 1 N–H and O–H groups in total. The lowest BCUT2D eigenvalue weighted by Crippen LogP contribution is -2.10. The first-order valence-corrected chi connectivity index (χ1v) is 5.90. The molecule has 0 saturated heterocycles. The van der Waals surface area contributed by atoms with Crippen LogP contribution < -0.4 is 10.3 Å². The van der Waals surface area contributed by atoms with Crippen LogP contribution in [-0.2, 0) is 4.79 Å². The molecule has 0 spiro atoms. The molecule has 0 fully saturated rings. The van der Waals surface area contributed by atoms with Gasteiger partial charge in [-0.15, -0.1) is 0 Å². The summed E-state index contributed by atoms with van der Waals surface area (Å²) in [7, 11) is 0. The monoisotopic (exact) mass is 270 g/mol. The predicted octanol–water partition coefficient (Wildman–Crippen LogP) is 2.11. The molecule has 0 aliphatic heterocycles. The Hall–Kier alpha value is -2.89. The zero-order valence-electron chi connectivity index (χ0n) is 10.5. The van der Waals surface area contributed by atoms with E-state index in [2.05, 4.69) is 9.97 Å². The molecule has 0 aliphatic rings. The fourth-order valence-corrected chi connectivity index (χ4v) is 1.88. The fourth-order valence-electron chi connectivity index (χ4n) is 1.88. The number of nitrogens with zero attached hydrogens (tertiary/aromatic N) is 1. The van der Waals surface area contributed by atoms with Gasteiger partial charge in [0.2, 0.25) is 0 Å². The molecule has 20 heavy (non-hydrogen) atoms. The number of rotatable bonds is 2. The number of aromatic amines is 1. The standard InChI is InChI=1S/C14H10N2O4/c1-8(17)20-9-4-5-11-10(7-9)14(18)16-13(15-11)12-3-2-6-19-12/h2-7H,1H3,(H,15,16,18). The molecule has 100 valence electrons. The number of carbonyl (C=O) groups is 1. The average molecular weight is 270 g/mol. The first-order valence-electron chi connectivity index (χ1n) is 5.90. The molecule has 0 unspecified atom stereocenters. The normalized spacial score (nSPS) is 10.7. The number of fused-ring (bicyclic) bond motifs is 1. The number of esters is 1. The maximum absolute atomic E-state index is 12.1. The quantitative estimate of drug-likeness (QED) is 0.569. The third-order valence-electron chi connectivity index (χ3n) is 2.69. The van der Waals surface area contributed by atoms with Gasteiger partial charge in [-0.1, -0.05) is 0 Å². The Kier molecular flexibility index (Phi) is 2.83. The Morgan fingerprint density at radius 3 is 2.90 bits per heavy atom. The lowest BCUT2D eigenvalue weighted by molar-refractivity contribution is -0.131. The van der Waals surface area contributed by atoms with Crippen LogP contribution >= 0.6 is 0 Å². The van der Waals surface area contributed by atoms with Gasteiger partial charge in [-0.05, 0) is 30.3 Å². The Labute approximate surface area is 113 Å². The summed E-state index contributed by atoms with van der Waals surface area (Å²) in [6.07, 6.45) is 1.50. The number of ether oxygens (including phenoxy) is 1. The highest BCUT2D eigenvalue weighted by Gasteiger charge is 2.09. The van der Waals surface area contributed by atoms with E-state index in [-0.39, 0.29) is 5.56 Å². The molecule has 0 bridgehead atoms. The van der Waals surface area contributed by atoms with Gasteiger partial charge in [0.15, 0.2) is 11.6 Å². The van der Waals surface area contributed by atoms with Crippen molar-refractivity contribution in [1.29, 1.82) is 0 Å². The molecular weight excluding hydrogens is 260 g/mol. The van der Waals surface area contributed by atoms with Crippen LogP contribution in [0, 0.1) is 0 Å². The van der Waals surface area contributed by atoms with Crippen LogP contribution in [0.15, 0.2) is 45.8 Å². The van der Waals surface area contributed by atoms with Gasteiger partial charge >= 0.3 is 5.97 Å². The Bertz CT molecular complexity index is 834. The third kappa shape index (κ3) is 2.18. The van der Waals surface area contributed by atoms with Crippen molar-refractivity contribution in [3.63, 3.8) is 0 Å². The maximum atomic E-state index is 12.1. The zero-order valence-corrected chi connectivity index (χ0v) is 10.5. The molecule has 0 atom stereocenters. The molecule has 6 nitrogen and oxygen atoms in total. The van der Waals surface area contributed by atoms with E-state index in [4.69, 9.17) is 9.15 Å². The first kappa shape index (κ1) is 12.2. The highest BCUT2D eigenvalue weighted by molar-refractivity contribution is 5.81. The number of aromatic nitrogens is 2. The van der Waals surface area contributed by atoms with Crippen molar-refractivity contribution in [2.24, 2.45) is 0 Å². The van der Waals surface area contributed by atoms with Crippen LogP contribution in [0.1, 0.15) is 6.92 Å². The number of benzene rings is 1. The van der Waals surface area contributed by atoms with Crippen molar-refractivity contribution < 1.29 is 13.9 Å². The van der Waals surface area contributed by atoms with Crippen molar-refractivity contribution >= 4 is 16.9 Å². The lowest BCUT2D eigenvalue weighted by Gasteiger charge is -2.03. The van der Waals surface area contributed by atoms with E-state index in [9.17, 15) is 9.59 Å². The van der Waals surface area contributed by atoms with Gasteiger partial charge in [-0.25, -0.2) is 4.98 Å². The number of carbonyl (C=O) groups excluding carboxylic acids is 1. The van der Waals surface area contributed by atoms with E-state index in [1.54, 1.807) is 24.3 Å². The number of H-pyrrole nitrogens is 1. The highest BCUT2D eigenvalue weighted by atomic mass is 16.5. The Balaban J connectivity index is 2.14. The van der Waals surface area contributed by atoms with Gasteiger partial charge in [0.1, 0.15) is 5.75 Å². The van der Waals surface area contributed by atoms with Gasteiger partial charge in [0.05, 0.1) is 17.2 Å². The molecule has 1 aromatic carbocycles. The van der Waals surface area contributed by atoms with Crippen molar-refractivity contribution in [2.45, 2.75) is 6.92 Å². The second-order valence-corrected chi connectivity index (χ2v) is 4.16. The largest absolute Gasteiger partial charge is 0.461 e. The summed E-state index contributed by atoms with van der Waals surface area (Å²) in [6.45, 7) is 1.30. The summed E-state index contributed by atoms with van der Waals surface area (Å²) < 4.78 is 10.1. The molecule has 6 heteroatoms. The van der Waals surface area contributed by atoms with Crippen LogP contribution in [0.25, 0.3) is 22.5 Å². The number of furan rings is 1. The molecule has 3 rings (SSSR count). The Morgan fingerprint density at radius 2 is 2.20 bits per heavy atom. The summed E-state index contributed by atoms with van der Waals surface area (Å²) >= 11 is 0. The van der Waals surface area contributed by atoms with E-state index >= 15 is 0 Å². The van der Waals surface area contributed by atoms with Gasteiger partial charge < -0.3 is 14.1 Å². The molecular formula is C14H10N2O4. The molecule has 2 heterocycles. The SMILES string of the molecule is CC(=O)Oc1ccc2nc(-c3ccco3)[nH]c(=O)c2c1. The summed E-state index contributed by atoms with van der Waals surface area (Å²) in [4.78, 5) is 29.9. The molecule has 3 aromatic rings. The van der Waals surface area contributed by atoms with E-state index < -0.39 is 5.97 Å². The number of hydrogen-bond donors (Lipinski definition) is 1. The van der Waals surface area contributed by atoms with Crippen LogP contribution in [0.4, 0.5) is 0 Å². The topological polar surface area (TPSA) is 85.2 Å². The van der Waals surface area contributed by atoms with Crippen molar-refractivity contribution in [1.82, 2.24) is 9.97 Å². The van der Waals surface area contributed by atoms with Crippen LogP contribution in [-0.4, -0.2) is 15.9 Å². The number of nitrogens with one attached hydrogen (secondary N) is 1. The van der Waals surface area contributed by atoms with Crippen molar-refractivity contribution in [2.75, 3.05) is 0 Å². The minimum Gasteiger partial charge on any atom is -0.461 e. The molecule has 0 saturated carbocycles. The molecule has 0 amide bonds. The van der Waals surface area contributed by atoms with Crippen molar-refractivity contribution in [3.05, 3.63) is 46.9 Å². The lowest BCUT2D eigenvalue weighted by atomic mass is 10.2. The first-order chi connectivity index (χ1) is 9.63. The fraction of sp³-hybridized carbons (Fsp3) is 0.0714. The maximum Gasteiger partial charge on any atom is 0.308 e. The van der Waals surface area contributed by atoms with Gasteiger partial charge in [0, 0.05) is 6.92 Å². The summed E-state index contributed by atoms with van der Waals surface area (Å²) in [6, 6.07) is 8.10. The Morgan fingerprint density at radius 1 is 1.35 bits per heavy atom. The van der Waals surface area contributed by atoms with Crippen molar-refractivity contribution in [3.8, 4) is 17.3 Å². The van der Waals surface area contributed by atoms with Crippen LogP contribution in [0.2, 0.25) is 0 Å². The second kappa shape index (κ2) is 4.65. The predicted molar refractivity (Wildman–Crippen MR) is 71.4 cm³/mol. The zero-order chi connectivity index (χ0) is 14.1. The minimum absolute atomic E-state index is 0.308. The molecule has 0 radical (unpaired) electrons. The molecule has 0 aliphatic carbocycles. The van der Waals surface area contributed by atoms with E-state index in [0.717, 1.165) is 0 Å². The van der Waals surface area contributed by atoms with E-state index in [1.165, 1.54) is 19.3 Å². The summed E-state index contributed by atoms with van der Waals surface area (Å²) in [5.41, 5.74) is 0.173. The second-order valence-electron chi connectivity index (χ2n) is 4.16. The minimum atomic E-state index is -0.444. The van der Waals surface area contributed by atoms with Crippen LogP contribution in [0.5, 0.6) is 5.75 Å². The van der Waals surface area contributed by atoms with Gasteiger partial charge in [0.25, 0.3) is 5.56 Å². The van der Waals surface area contributed by atoms with Gasteiger partial charge in [-0.2, -0.15) is 0 Å². The summed E-state index contributed by atoms with van der Waals surface area (Å²) in [5.74, 6) is 0.699. The van der Waals surface area contributed by atoms with Gasteiger partial charge in [-0.3, -0.25) is 9.59 Å². The smallest absolute Gasteiger partial charge is 0.308 e. The molecule has 2 aromatic heterocycles. The van der Waals surface area contributed by atoms with E-state index in [0.29, 0.717) is 28.2 Å².